The zero-order chi connectivity index (χ0) is 15.7. The monoisotopic (exact) mass is 300 g/mol. The van der Waals surface area contributed by atoms with Crippen LogP contribution >= 0.6 is 0 Å². The standard InChI is InChI=1S/C13H11F3N2O3/c1-2-3-7-11(19)17-13(21)18(12(7)20)10-8(15)4-6(14)5-9(10)16/h4-5,7H,2-3H2,1H3,(H,17,19,21). The molecule has 0 saturated carbocycles. The highest BCUT2D eigenvalue weighted by atomic mass is 19.1. The topological polar surface area (TPSA) is 66.5 Å². The summed E-state index contributed by atoms with van der Waals surface area (Å²) in [6.07, 6.45) is 0.582. The van der Waals surface area contributed by atoms with Gasteiger partial charge < -0.3 is 0 Å². The number of barbiturate groups is 1. The van der Waals surface area contributed by atoms with Crippen LogP contribution in [0.4, 0.5) is 23.7 Å². The summed E-state index contributed by atoms with van der Waals surface area (Å²) in [7, 11) is 0. The van der Waals surface area contributed by atoms with Gasteiger partial charge in [0.2, 0.25) is 11.8 Å². The summed E-state index contributed by atoms with van der Waals surface area (Å²) in [5, 5.41) is 1.86. The van der Waals surface area contributed by atoms with Crippen LogP contribution in [0.25, 0.3) is 0 Å². The lowest BCUT2D eigenvalue weighted by Crippen LogP contribution is -2.58. The average Bonchev–Trinajstić information content (AvgIpc) is 2.37. The Kier molecular flexibility index (Phi) is 3.97. The molecule has 2 rings (SSSR count). The van der Waals surface area contributed by atoms with Crippen LogP contribution in [0, 0.1) is 23.4 Å². The lowest BCUT2D eigenvalue weighted by Gasteiger charge is -2.30. The fourth-order valence-corrected chi connectivity index (χ4v) is 2.12. The number of amides is 4. The number of nitrogens with zero attached hydrogens (tertiary/aromatic N) is 1. The van der Waals surface area contributed by atoms with E-state index < -0.39 is 46.9 Å². The minimum Gasteiger partial charge on any atom is -0.277 e. The van der Waals surface area contributed by atoms with Crippen LogP contribution in [0.5, 0.6) is 0 Å². The summed E-state index contributed by atoms with van der Waals surface area (Å²) < 4.78 is 40.3. The maximum absolute atomic E-state index is 13.7. The number of imide groups is 2. The maximum Gasteiger partial charge on any atom is 0.335 e. The molecule has 1 aliphatic rings. The number of halogens is 3. The molecule has 1 fully saturated rings. The van der Waals surface area contributed by atoms with Crippen LogP contribution in [0.1, 0.15) is 19.8 Å². The molecule has 1 N–H and O–H groups in total. The van der Waals surface area contributed by atoms with Gasteiger partial charge in [-0.3, -0.25) is 14.9 Å². The molecule has 0 radical (unpaired) electrons. The van der Waals surface area contributed by atoms with Crippen molar-refractivity contribution in [3.8, 4) is 0 Å². The molecule has 0 aliphatic carbocycles. The maximum atomic E-state index is 13.7. The van der Waals surface area contributed by atoms with E-state index in [1.165, 1.54) is 0 Å². The lowest BCUT2D eigenvalue weighted by molar-refractivity contribution is -0.134. The molecule has 1 aromatic carbocycles. The van der Waals surface area contributed by atoms with E-state index in [0.29, 0.717) is 18.6 Å². The first-order valence-corrected chi connectivity index (χ1v) is 6.20. The molecule has 21 heavy (non-hydrogen) atoms. The number of anilines is 1. The van der Waals surface area contributed by atoms with Gasteiger partial charge in [-0.05, 0) is 6.42 Å². The number of carbonyl (C=O) groups excluding carboxylic acids is 3. The first-order valence-electron chi connectivity index (χ1n) is 6.20. The molecule has 1 aromatic rings. The largest absolute Gasteiger partial charge is 0.335 e. The van der Waals surface area contributed by atoms with Crippen LogP contribution in [0.15, 0.2) is 12.1 Å². The van der Waals surface area contributed by atoms with E-state index in [4.69, 9.17) is 0 Å². The Morgan fingerprint density at radius 1 is 1.14 bits per heavy atom. The molecule has 112 valence electrons. The molecule has 0 aromatic heterocycles. The van der Waals surface area contributed by atoms with Crippen molar-refractivity contribution in [2.24, 2.45) is 5.92 Å². The van der Waals surface area contributed by atoms with Crippen molar-refractivity contribution in [1.82, 2.24) is 5.32 Å². The van der Waals surface area contributed by atoms with Gasteiger partial charge in [0.1, 0.15) is 17.4 Å². The van der Waals surface area contributed by atoms with Crippen molar-refractivity contribution in [2.45, 2.75) is 19.8 Å². The second-order valence-corrected chi connectivity index (χ2v) is 4.53. The third-order valence-corrected chi connectivity index (χ3v) is 3.05. The van der Waals surface area contributed by atoms with Gasteiger partial charge in [-0.15, -0.1) is 0 Å². The van der Waals surface area contributed by atoms with Gasteiger partial charge in [0.05, 0.1) is 0 Å². The van der Waals surface area contributed by atoms with Gasteiger partial charge in [-0.1, -0.05) is 13.3 Å². The molecular weight excluding hydrogens is 289 g/mol. The predicted octanol–water partition coefficient (Wildman–Crippen LogP) is 2.10. The number of benzene rings is 1. The molecule has 5 nitrogen and oxygen atoms in total. The third kappa shape index (κ3) is 2.61. The Balaban J connectivity index is 2.49. The SMILES string of the molecule is CCCC1C(=O)NC(=O)N(c2c(F)cc(F)cc2F)C1=O. The number of nitrogens with one attached hydrogen (secondary N) is 1. The summed E-state index contributed by atoms with van der Waals surface area (Å²) in [5.41, 5.74) is -0.993. The Bertz CT molecular complexity index is 610. The first-order chi connectivity index (χ1) is 9.86. The van der Waals surface area contributed by atoms with Gasteiger partial charge in [0.25, 0.3) is 0 Å². The molecule has 0 bridgehead atoms. The van der Waals surface area contributed by atoms with Crippen LogP contribution in [0.2, 0.25) is 0 Å². The summed E-state index contributed by atoms with van der Waals surface area (Å²) in [5.74, 6) is -7.04. The van der Waals surface area contributed by atoms with Gasteiger partial charge in [0, 0.05) is 12.1 Å². The van der Waals surface area contributed by atoms with Crippen LogP contribution in [-0.2, 0) is 9.59 Å². The fourth-order valence-electron chi connectivity index (χ4n) is 2.12. The average molecular weight is 300 g/mol. The molecule has 1 atom stereocenters. The number of rotatable bonds is 3. The van der Waals surface area contributed by atoms with Crippen molar-refractivity contribution < 1.29 is 27.6 Å². The Labute approximate surface area is 117 Å². The van der Waals surface area contributed by atoms with Crippen LogP contribution < -0.4 is 10.2 Å². The van der Waals surface area contributed by atoms with Gasteiger partial charge in [-0.25, -0.2) is 22.9 Å². The number of hydrogen-bond donors (Lipinski definition) is 1. The highest BCUT2D eigenvalue weighted by Gasteiger charge is 2.42. The van der Waals surface area contributed by atoms with Crippen LogP contribution in [0.3, 0.4) is 0 Å². The van der Waals surface area contributed by atoms with E-state index in [9.17, 15) is 27.6 Å². The summed E-state index contributed by atoms with van der Waals surface area (Å²) in [4.78, 5) is 35.6. The molecule has 4 amide bonds. The van der Waals surface area contributed by atoms with E-state index in [2.05, 4.69) is 0 Å². The molecule has 1 heterocycles. The molecule has 1 aliphatic heterocycles. The summed E-state index contributed by atoms with van der Waals surface area (Å²) >= 11 is 0. The quantitative estimate of drug-likeness (QED) is 0.869. The molecular formula is C13H11F3N2O3. The number of carbonyl (C=O) groups is 3. The second-order valence-electron chi connectivity index (χ2n) is 4.53. The molecule has 8 heteroatoms. The Morgan fingerprint density at radius 3 is 2.24 bits per heavy atom. The van der Waals surface area contributed by atoms with E-state index >= 15 is 0 Å². The third-order valence-electron chi connectivity index (χ3n) is 3.05. The van der Waals surface area contributed by atoms with Crippen molar-refractivity contribution >= 4 is 23.5 Å². The van der Waals surface area contributed by atoms with Crippen molar-refractivity contribution in [3.63, 3.8) is 0 Å². The predicted molar refractivity (Wildman–Crippen MR) is 65.7 cm³/mol. The molecule has 1 unspecified atom stereocenters. The van der Waals surface area contributed by atoms with Crippen molar-refractivity contribution in [2.75, 3.05) is 4.90 Å². The minimum absolute atomic E-state index is 0.124. The minimum atomic E-state index is -1.40. The van der Waals surface area contributed by atoms with Gasteiger partial charge in [-0.2, -0.15) is 0 Å². The zero-order valence-corrected chi connectivity index (χ0v) is 11.0. The van der Waals surface area contributed by atoms with Crippen molar-refractivity contribution in [1.29, 1.82) is 0 Å². The zero-order valence-electron chi connectivity index (χ0n) is 11.0. The van der Waals surface area contributed by atoms with E-state index in [1.54, 1.807) is 6.92 Å². The highest BCUT2D eigenvalue weighted by Crippen LogP contribution is 2.28. The molecule has 0 spiro atoms. The van der Waals surface area contributed by atoms with E-state index in [1.807, 2.05) is 5.32 Å². The van der Waals surface area contributed by atoms with Gasteiger partial charge in [0.15, 0.2) is 11.6 Å². The van der Waals surface area contributed by atoms with Gasteiger partial charge >= 0.3 is 6.03 Å². The molecule has 1 saturated heterocycles. The number of urea groups is 1. The summed E-state index contributed by atoms with van der Waals surface area (Å²) in [6, 6.07) is -0.559. The Morgan fingerprint density at radius 2 is 1.71 bits per heavy atom. The highest BCUT2D eigenvalue weighted by molar-refractivity contribution is 6.27. The second kappa shape index (κ2) is 5.55. The normalized spacial score (nSPS) is 19.0. The first kappa shape index (κ1) is 15.0. The fraction of sp³-hybridized carbons (Fsp3) is 0.308. The van der Waals surface area contributed by atoms with Crippen LogP contribution in [-0.4, -0.2) is 17.8 Å². The Hall–Kier alpha value is -2.38. The summed E-state index contributed by atoms with van der Waals surface area (Å²) in [6.45, 7) is 1.71. The van der Waals surface area contributed by atoms with E-state index in [-0.39, 0.29) is 11.3 Å². The van der Waals surface area contributed by atoms with Crippen molar-refractivity contribution in [3.05, 3.63) is 29.6 Å². The lowest BCUT2D eigenvalue weighted by atomic mass is 9.99. The van der Waals surface area contributed by atoms with E-state index in [0.717, 1.165) is 0 Å². The number of hydrogen-bond acceptors (Lipinski definition) is 3. The smallest absolute Gasteiger partial charge is 0.277 e.